The molecule has 0 radical (unpaired) electrons. The van der Waals surface area contributed by atoms with Gasteiger partial charge in [0.15, 0.2) is 0 Å². The monoisotopic (exact) mass is 380 g/mol. The molecule has 0 fully saturated rings. The molecule has 0 spiro atoms. The molecule has 0 saturated heterocycles. The summed E-state index contributed by atoms with van der Waals surface area (Å²) in [5, 5.41) is 3.71. The van der Waals surface area contributed by atoms with Gasteiger partial charge in [-0.05, 0) is 55.5 Å². The first-order valence-corrected chi connectivity index (χ1v) is 7.65. The number of halogens is 1. The SMILES string of the molecule is CC(C)(C)OC(=O)NCCSc1ncccc1I. The van der Waals surface area contributed by atoms with E-state index >= 15 is 0 Å². The third-order valence-corrected chi connectivity index (χ3v) is 3.98. The van der Waals surface area contributed by atoms with Crippen LogP contribution >= 0.6 is 34.4 Å². The van der Waals surface area contributed by atoms with Crippen LogP contribution in [0.15, 0.2) is 23.4 Å². The van der Waals surface area contributed by atoms with Crippen molar-refractivity contribution in [2.24, 2.45) is 0 Å². The highest BCUT2D eigenvalue weighted by molar-refractivity contribution is 14.1. The number of hydrogen-bond acceptors (Lipinski definition) is 4. The molecule has 0 bridgehead atoms. The van der Waals surface area contributed by atoms with Crippen molar-refractivity contribution < 1.29 is 9.53 Å². The number of amides is 1. The minimum Gasteiger partial charge on any atom is -0.444 e. The molecule has 4 nitrogen and oxygen atoms in total. The third-order valence-electron chi connectivity index (χ3n) is 1.73. The summed E-state index contributed by atoms with van der Waals surface area (Å²) in [6.45, 7) is 6.10. The summed E-state index contributed by atoms with van der Waals surface area (Å²) < 4.78 is 6.26. The molecular formula is C12H17IN2O2S. The van der Waals surface area contributed by atoms with E-state index in [0.29, 0.717) is 6.54 Å². The van der Waals surface area contributed by atoms with Gasteiger partial charge < -0.3 is 10.1 Å². The summed E-state index contributed by atoms with van der Waals surface area (Å²) in [4.78, 5) is 15.6. The molecule has 1 heterocycles. The van der Waals surface area contributed by atoms with Crippen LogP contribution in [-0.2, 0) is 4.74 Å². The van der Waals surface area contributed by atoms with E-state index in [9.17, 15) is 4.79 Å². The van der Waals surface area contributed by atoms with Gasteiger partial charge in [0.05, 0.1) is 0 Å². The second kappa shape index (κ2) is 7.18. The second-order valence-electron chi connectivity index (χ2n) is 4.57. The van der Waals surface area contributed by atoms with Gasteiger partial charge in [-0.25, -0.2) is 9.78 Å². The number of pyridine rings is 1. The van der Waals surface area contributed by atoms with E-state index in [1.54, 1.807) is 18.0 Å². The molecule has 1 rings (SSSR count). The Hall–Kier alpha value is -0.500. The van der Waals surface area contributed by atoms with Crippen molar-refractivity contribution in [3.63, 3.8) is 0 Å². The van der Waals surface area contributed by atoms with Gasteiger partial charge in [-0.15, -0.1) is 11.8 Å². The highest BCUT2D eigenvalue weighted by Gasteiger charge is 2.15. The van der Waals surface area contributed by atoms with Gasteiger partial charge >= 0.3 is 6.09 Å². The quantitative estimate of drug-likeness (QED) is 0.495. The van der Waals surface area contributed by atoms with Gasteiger partial charge in [0.2, 0.25) is 0 Å². The van der Waals surface area contributed by atoms with Gasteiger partial charge in [-0.3, -0.25) is 0 Å². The molecule has 1 amide bonds. The van der Waals surface area contributed by atoms with Crippen LogP contribution in [0.2, 0.25) is 0 Å². The number of nitrogens with one attached hydrogen (secondary N) is 1. The Balaban J connectivity index is 2.23. The zero-order valence-corrected chi connectivity index (χ0v) is 13.7. The molecule has 0 unspecified atom stereocenters. The Kier molecular flexibility index (Phi) is 6.20. The molecule has 0 aliphatic heterocycles. The molecule has 1 N–H and O–H groups in total. The summed E-state index contributed by atoms with van der Waals surface area (Å²) in [5.74, 6) is 0.770. The Morgan fingerprint density at radius 3 is 2.89 bits per heavy atom. The number of ether oxygens (including phenoxy) is 1. The van der Waals surface area contributed by atoms with Crippen molar-refractivity contribution in [1.82, 2.24) is 10.3 Å². The van der Waals surface area contributed by atoms with Crippen molar-refractivity contribution in [2.45, 2.75) is 31.4 Å². The highest BCUT2D eigenvalue weighted by Crippen LogP contribution is 2.20. The molecule has 0 atom stereocenters. The average Bonchev–Trinajstić information content (AvgIpc) is 2.24. The molecule has 1 aromatic heterocycles. The molecule has 100 valence electrons. The minimum absolute atomic E-state index is 0.376. The maximum atomic E-state index is 11.4. The highest BCUT2D eigenvalue weighted by atomic mass is 127. The van der Waals surface area contributed by atoms with E-state index < -0.39 is 5.60 Å². The number of rotatable bonds is 4. The van der Waals surface area contributed by atoms with E-state index in [0.717, 1.165) is 14.3 Å². The number of aromatic nitrogens is 1. The summed E-state index contributed by atoms with van der Waals surface area (Å²) in [6, 6.07) is 3.92. The molecule has 0 saturated carbocycles. The number of carbonyl (C=O) groups is 1. The van der Waals surface area contributed by atoms with E-state index in [1.807, 2.05) is 32.9 Å². The van der Waals surface area contributed by atoms with Crippen molar-refractivity contribution in [3.05, 3.63) is 21.9 Å². The topological polar surface area (TPSA) is 51.2 Å². The van der Waals surface area contributed by atoms with Crippen molar-refractivity contribution in [2.75, 3.05) is 12.3 Å². The number of thioether (sulfide) groups is 1. The maximum Gasteiger partial charge on any atom is 0.407 e. The molecular weight excluding hydrogens is 363 g/mol. The predicted molar refractivity (Wildman–Crippen MR) is 81.9 cm³/mol. The minimum atomic E-state index is -0.451. The average molecular weight is 380 g/mol. The smallest absolute Gasteiger partial charge is 0.407 e. The lowest BCUT2D eigenvalue weighted by molar-refractivity contribution is 0.0531. The van der Waals surface area contributed by atoms with Crippen molar-refractivity contribution in [3.8, 4) is 0 Å². The van der Waals surface area contributed by atoms with E-state index in [4.69, 9.17) is 4.74 Å². The van der Waals surface area contributed by atoms with Crippen LogP contribution < -0.4 is 5.32 Å². The Labute approximate surface area is 125 Å². The fourth-order valence-corrected chi connectivity index (χ4v) is 2.65. The number of alkyl carbamates (subject to hydrolysis) is 1. The van der Waals surface area contributed by atoms with Crippen LogP contribution in [0.4, 0.5) is 4.79 Å². The van der Waals surface area contributed by atoms with Gasteiger partial charge in [0.25, 0.3) is 0 Å². The van der Waals surface area contributed by atoms with E-state index in [2.05, 4.69) is 32.9 Å². The first kappa shape index (κ1) is 15.6. The molecule has 1 aromatic rings. The molecule has 0 aliphatic carbocycles. The third kappa shape index (κ3) is 6.44. The summed E-state index contributed by atoms with van der Waals surface area (Å²) in [7, 11) is 0. The van der Waals surface area contributed by atoms with Crippen LogP contribution in [0.25, 0.3) is 0 Å². The number of carbonyl (C=O) groups excluding carboxylic acids is 1. The lowest BCUT2D eigenvalue weighted by Crippen LogP contribution is -2.33. The molecule has 0 aromatic carbocycles. The fraction of sp³-hybridized carbons (Fsp3) is 0.500. The summed E-state index contributed by atoms with van der Waals surface area (Å²) in [5.41, 5.74) is -0.451. The lowest BCUT2D eigenvalue weighted by Gasteiger charge is -2.19. The Morgan fingerprint density at radius 2 is 2.28 bits per heavy atom. The fourth-order valence-electron chi connectivity index (χ4n) is 1.09. The normalized spacial score (nSPS) is 11.1. The van der Waals surface area contributed by atoms with Crippen LogP contribution in [0.5, 0.6) is 0 Å². The van der Waals surface area contributed by atoms with Crippen LogP contribution in [0.1, 0.15) is 20.8 Å². The zero-order valence-electron chi connectivity index (χ0n) is 10.7. The Bertz CT molecular complexity index is 407. The number of hydrogen-bond donors (Lipinski definition) is 1. The van der Waals surface area contributed by atoms with Crippen LogP contribution in [0, 0.1) is 3.57 Å². The van der Waals surface area contributed by atoms with E-state index in [-0.39, 0.29) is 6.09 Å². The van der Waals surface area contributed by atoms with E-state index in [1.165, 1.54) is 0 Å². The second-order valence-corrected chi connectivity index (χ2v) is 6.81. The predicted octanol–water partition coefficient (Wildman–Crippen LogP) is 3.30. The van der Waals surface area contributed by atoms with Crippen LogP contribution in [-0.4, -0.2) is 29.0 Å². The molecule has 0 aliphatic rings. The standard InChI is InChI=1S/C12H17IN2O2S/c1-12(2,3)17-11(16)15-7-8-18-10-9(13)5-4-6-14-10/h4-6H,7-8H2,1-3H3,(H,15,16). The van der Waals surface area contributed by atoms with Gasteiger partial charge in [-0.2, -0.15) is 0 Å². The number of nitrogens with zero attached hydrogens (tertiary/aromatic N) is 1. The zero-order chi connectivity index (χ0) is 13.6. The molecule has 6 heteroatoms. The maximum absolute atomic E-state index is 11.4. The lowest BCUT2D eigenvalue weighted by atomic mass is 10.2. The van der Waals surface area contributed by atoms with Crippen molar-refractivity contribution >= 4 is 40.4 Å². The van der Waals surface area contributed by atoms with Gasteiger partial charge in [0, 0.05) is 22.1 Å². The van der Waals surface area contributed by atoms with Crippen LogP contribution in [0.3, 0.4) is 0 Å². The summed E-state index contributed by atoms with van der Waals surface area (Å²) in [6.07, 6.45) is 1.39. The summed E-state index contributed by atoms with van der Waals surface area (Å²) >= 11 is 3.87. The first-order valence-electron chi connectivity index (χ1n) is 5.58. The van der Waals surface area contributed by atoms with Crippen molar-refractivity contribution in [1.29, 1.82) is 0 Å². The molecule has 18 heavy (non-hydrogen) atoms. The van der Waals surface area contributed by atoms with Gasteiger partial charge in [-0.1, -0.05) is 0 Å². The first-order chi connectivity index (χ1) is 8.38. The largest absolute Gasteiger partial charge is 0.444 e. The van der Waals surface area contributed by atoms with Gasteiger partial charge in [0.1, 0.15) is 10.6 Å². The Morgan fingerprint density at radius 1 is 1.56 bits per heavy atom.